The molecule has 2 bridgehead atoms. The van der Waals surface area contributed by atoms with Crippen molar-refractivity contribution in [1.82, 2.24) is 0 Å². The van der Waals surface area contributed by atoms with Crippen LogP contribution in [0, 0.1) is 28.6 Å². The van der Waals surface area contributed by atoms with Gasteiger partial charge in [-0.25, -0.2) is 0 Å². The summed E-state index contributed by atoms with van der Waals surface area (Å²) >= 11 is 0. The summed E-state index contributed by atoms with van der Waals surface area (Å²) < 4.78 is 0. The highest BCUT2D eigenvalue weighted by Crippen LogP contribution is 2.70. The third kappa shape index (κ3) is 1.41. The molecule has 0 spiro atoms. The van der Waals surface area contributed by atoms with E-state index in [0.717, 1.165) is 18.3 Å². The van der Waals surface area contributed by atoms with Crippen molar-refractivity contribution >= 4 is 0 Å². The summed E-state index contributed by atoms with van der Waals surface area (Å²) in [6.07, 6.45) is 9.14. The van der Waals surface area contributed by atoms with Gasteiger partial charge in [0, 0.05) is 0 Å². The van der Waals surface area contributed by atoms with Crippen molar-refractivity contribution in [3.63, 3.8) is 0 Å². The van der Waals surface area contributed by atoms with Crippen LogP contribution in [0.2, 0.25) is 0 Å². The van der Waals surface area contributed by atoms with Gasteiger partial charge in [0.2, 0.25) is 0 Å². The first-order valence-corrected chi connectivity index (χ1v) is 7.67. The van der Waals surface area contributed by atoms with Gasteiger partial charge in [-0.3, -0.25) is 0 Å². The van der Waals surface area contributed by atoms with Crippen LogP contribution in [0.15, 0.2) is 0 Å². The third-order valence-electron chi connectivity index (χ3n) is 7.23. The van der Waals surface area contributed by atoms with Crippen molar-refractivity contribution < 1.29 is 5.11 Å². The molecule has 17 heavy (non-hydrogen) atoms. The van der Waals surface area contributed by atoms with Gasteiger partial charge in [0.15, 0.2) is 0 Å². The Morgan fingerprint density at radius 2 is 1.76 bits per heavy atom. The van der Waals surface area contributed by atoms with E-state index in [1.165, 1.54) is 38.5 Å². The van der Waals surface area contributed by atoms with Gasteiger partial charge >= 0.3 is 0 Å². The second-order valence-electron chi connectivity index (χ2n) is 7.59. The third-order valence-corrected chi connectivity index (χ3v) is 7.23. The molecule has 0 aromatic rings. The van der Waals surface area contributed by atoms with E-state index < -0.39 is 0 Å². The molecule has 0 heterocycles. The molecule has 1 heteroatoms. The first kappa shape index (κ1) is 12.0. The molecule has 3 saturated carbocycles. The first-order valence-electron chi connectivity index (χ1n) is 7.67. The van der Waals surface area contributed by atoms with E-state index in [2.05, 4.69) is 20.8 Å². The number of aliphatic hydroxyl groups is 1. The predicted octanol–water partition coefficient (Wildman–Crippen LogP) is 4.00. The summed E-state index contributed by atoms with van der Waals surface area (Å²) in [6, 6.07) is 0. The first-order chi connectivity index (χ1) is 7.99. The summed E-state index contributed by atoms with van der Waals surface area (Å²) in [5, 5.41) is 10.5. The fraction of sp³-hybridized carbons (Fsp3) is 1.00. The van der Waals surface area contributed by atoms with Gasteiger partial charge in [0.05, 0.1) is 6.10 Å². The summed E-state index contributed by atoms with van der Waals surface area (Å²) in [6.45, 7) is 7.49. The van der Waals surface area contributed by atoms with Crippen molar-refractivity contribution in [3.05, 3.63) is 0 Å². The van der Waals surface area contributed by atoms with Crippen LogP contribution in [0.25, 0.3) is 0 Å². The highest BCUT2D eigenvalue weighted by atomic mass is 16.3. The van der Waals surface area contributed by atoms with Crippen molar-refractivity contribution in [2.24, 2.45) is 28.6 Å². The Morgan fingerprint density at radius 1 is 1.06 bits per heavy atom. The molecular weight excluding hydrogens is 208 g/mol. The number of aliphatic hydroxyl groups excluding tert-OH is 1. The number of rotatable bonds is 1. The SMILES string of the molecule is CC1C2CCC(C)(C2)C1(C)C1CCCCC1O. The van der Waals surface area contributed by atoms with E-state index in [-0.39, 0.29) is 6.10 Å². The monoisotopic (exact) mass is 236 g/mol. The van der Waals surface area contributed by atoms with Crippen LogP contribution in [0.1, 0.15) is 65.7 Å². The Kier molecular flexibility index (Phi) is 2.63. The maximum atomic E-state index is 10.5. The van der Waals surface area contributed by atoms with Gasteiger partial charge in [-0.15, -0.1) is 0 Å². The molecule has 1 nitrogen and oxygen atoms in total. The minimum absolute atomic E-state index is 0.0209. The van der Waals surface area contributed by atoms with Crippen molar-refractivity contribution in [1.29, 1.82) is 0 Å². The Morgan fingerprint density at radius 3 is 2.35 bits per heavy atom. The van der Waals surface area contributed by atoms with Gasteiger partial charge in [-0.2, -0.15) is 0 Å². The van der Waals surface area contributed by atoms with E-state index >= 15 is 0 Å². The molecule has 0 amide bonds. The largest absolute Gasteiger partial charge is 0.393 e. The van der Waals surface area contributed by atoms with E-state index in [9.17, 15) is 5.11 Å². The Bertz CT molecular complexity index is 313. The maximum absolute atomic E-state index is 10.5. The van der Waals surface area contributed by atoms with Crippen LogP contribution in [-0.4, -0.2) is 11.2 Å². The molecule has 0 aromatic carbocycles. The Balaban J connectivity index is 1.94. The average Bonchev–Trinajstić information content (AvgIpc) is 2.78. The van der Waals surface area contributed by atoms with Gasteiger partial charge in [0.1, 0.15) is 0 Å². The maximum Gasteiger partial charge on any atom is 0.0573 e. The molecular formula is C16H28O. The second kappa shape index (κ2) is 3.73. The van der Waals surface area contributed by atoms with Gasteiger partial charge in [-0.05, 0) is 60.7 Å². The molecule has 0 saturated heterocycles. The Labute approximate surface area is 106 Å². The lowest BCUT2D eigenvalue weighted by Crippen LogP contribution is -2.49. The van der Waals surface area contributed by atoms with E-state index in [1.807, 2.05) is 0 Å². The van der Waals surface area contributed by atoms with E-state index in [0.29, 0.717) is 16.7 Å². The minimum Gasteiger partial charge on any atom is -0.393 e. The Hall–Kier alpha value is -0.0400. The standard InChI is InChI=1S/C16H28O/c1-11-12-8-9-15(2,10-12)16(11,3)13-6-4-5-7-14(13)17/h11-14,17H,4-10H2,1-3H3. The zero-order valence-corrected chi connectivity index (χ0v) is 11.7. The lowest BCUT2D eigenvalue weighted by Gasteiger charge is -2.54. The number of hydrogen-bond donors (Lipinski definition) is 1. The topological polar surface area (TPSA) is 20.2 Å². The number of hydrogen-bond acceptors (Lipinski definition) is 1. The van der Waals surface area contributed by atoms with Crippen LogP contribution >= 0.6 is 0 Å². The van der Waals surface area contributed by atoms with Crippen LogP contribution < -0.4 is 0 Å². The van der Waals surface area contributed by atoms with Crippen molar-refractivity contribution in [3.8, 4) is 0 Å². The molecule has 1 N–H and O–H groups in total. The van der Waals surface area contributed by atoms with E-state index in [4.69, 9.17) is 0 Å². The van der Waals surface area contributed by atoms with Crippen LogP contribution in [-0.2, 0) is 0 Å². The minimum atomic E-state index is -0.0209. The fourth-order valence-corrected chi connectivity index (χ4v) is 5.84. The van der Waals surface area contributed by atoms with Gasteiger partial charge in [-0.1, -0.05) is 33.6 Å². The second-order valence-corrected chi connectivity index (χ2v) is 7.59. The molecule has 3 rings (SSSR count). The highest BCUT2D eigenvalue weighted by Gasteiger charge is 2.64. The van der Waals surface area contributed by atoms with Crippen LogP contribution in [0.4, 0.5) is 0 Å². The highest BCUT2D eigenvalue weighted by molar-refractivity contribution is 5.12. The lowest BCUT2D eigenvalue weighted by atomic mass is 9.52. The molecule has 0 radical (unpaired) electrons. The van der Waals surface area contributed by atoms with Crippen molar-refractivity contribution in [2.45, 2.75) is 71.8 Å². The molecule has 98 valence electrons. The molecule has 0 aromatic heterocycles. The zero-order chi connectivity index (χ0) is 12.3. The van der Waals surface area contributed by atoms with E-state index in [1.54, 1.807) is 0 Å². The molecule has 6 unspecified atom stereocenters. The summed E-state index contributed by atoms with van der Waals surface area (Å²) in [4.78, 5) is 0. The molecule has 6 atom stereocenters. The molecule has 0 aliphatic heterocycles. The van der Waals surface area contributed by atoms with Crippen molar-refractivity contribution in [2.75, 3.05) is 0 Å². The lowest BCUT2D eigenvalue weighted by molar-refractivity contribution is -0.0922. The average molecular weight is 236 g/mol. The smallest absolute Gasteiger partial charge is 0.0573 e. The quantitative estimate of drug-likeness (QED) is 0.729. The molecule has 3 aliphatic rings. The zero-order valence-electron chi connectivity index (χ0n) is 11.7. The summed E-state index contributed by atoms with van der Waals surface area (Å²) in [7, 11) is 0. The van der Waals surface area contributed by atoms with Crippen LogP contribution in [0.5, 0.6) is 0 Å². The predicted molar refractivity (Wildman–Crippen MR) is 70.7 cm³/mol. The number of fused-ring (bicyclic) bond motifs is 2. The summed E-state index contributed by atoms with van der Waals surface area (Å²) in [5.74, 6) is 2.33. The van der Waals surface area contributed by atoms with Gasteiger partial charge in [0.25, 0.3) is 0 Å². The normalized spacial score (nSPS) is 58.6. The molecule has 3 fully saturated rings. The molecule has 3 aliphatic carbocycles. The fourth-order valence-electron chi connectivity index (χ4n) is 5.84. The van der Waals surface area contributed by atoms with Crippen LogP contribution in [0.3, 0.4) is 0 Å². The van der Waals surface area contributed by atoms with Gasteiger partial charge < -0.3 is 5.11 Å². The summed E-state index contributed by atoms with van der Waals surface area (Å²) in [5.41, 5.74) is 0.913.